The van der Waals surface area contributed by atoms with Crippen LogP contribution in [0.1, 0.15) is 51.6 Å². The Bertz CT molecular complexity index is 1140. The van der Waals surface area contributed by atoms with Gasteiger partial charge in [0.2, 0.25) is 0 Å². The summed E-state index contributed by atoms with van der Waals surface area (Å²) in [6, 6.07) is 1.78. The lowest BCUT2D eigenvalue weighted by atomic mass is 10.0. The maximum atomic E-state index is 12.7. The Hall–Kier alpha value is -2.82. The highest BCUT2D eigenvalue weighted by molar-refractivity contribution is 5.78. The maximum Gasteiger partial charge on any atom is 0.410 e. The molecule has 2 aromatic heterocycles. The minimum absolute atomic E-state index is 0.0976. The van der Waals surface area contributed by atoms with Crippen molar-refractivity contribution in [1.29, 1.82) is 0 Å². The van der Waals surface area contributed by atoms with Gasteiger partial charge < -0.3 is 9.64 Å². The number of pyridine rings is 1. The third kappa shape index (κ3) is 5.63. The molecule has 4 heterocycles. The number of ether oxygens (including phenoxy) is 1. The first-order valence-corrected chi connectivity index (χ1v) is 11.5. The van der Waals surface area contributed by atoms with Crippen molar-refractivity contribution in [2.45, 2.75) is 57.9 Å². The summed E-state index contributed by atoms with van der Waals surface area (Å²) in [6.45, 7) is 6.03. The fourth-order valence-corrected chi connectivity index (χ4v) is 4.55. The van der Waals surface area contributed by atoms with E-state index in [2.05, 4.69) is 9.97 Å². The van der Waals surface area contributed by atoms with E-state index >= 15 is 0 Å². The lowest BCUT2D eigenvalue weighted by molar-refractivity contribution is -0.144. The summed E-state index contributed by atoms with van der Waals surface area (Å²) in [5, 5.41) is 0. The fourth-order valence-electron chi connectivity index (χ4n) is 4.55. The predicted octanol–water partition coefficient (Wildman–Crippen LogP) is 3.95. The second-order valence-electron chi connectivity index (χ2n) is 9.92. The number of alkyl halides is 3. The van der Waals surface area contributed by atoms with Crippen LogP contribution < -0.4 is 5.69 Å². The van der Waals surface area contributed by atoms with Gasteiger partial charge in [-0.3, -0.25) is 14.5 Å². The third-order valence-electron chi connectivity index (χ3n) is 6.12. The van der Waals surface area contributed by atoms with Crippen LogP contribution in [-0.4, -0.2) is 74.9 Å². The number of fused-ring (bicyclic) bond motifs is 1. The van der Waals surface area contributed by atoms with E-state index in [4.69, 9.17) is 4.74 Å². The molecule has 1 fully saturated rings. The first-order valence-electron chi connectivity index (χ1n) is 11.5. The second-order valence-corrected chi connectivity index (χ2v) is 9.92. The van der Waals surface area contributed by atoms with E-state index < -0.39 is 18.3 Å². The van der Waals surface area contributed by atoms with Crippen LogP contribution in [-0.2, 0) is 4.74 Å². The molecule has 0 saturated carbocycles. The Morgan fingerprint density at radius 3 is 2.50 bits per heavy atom. The number of carbonyl (C=O) groups excluding carboxylic acids is 1. The highest BCUT2D eigenvalue weighted by atomic mass is 19.4. The van der Waals surface area contributed by atoms with Gasteiger partial charge in [-0.25, -0.2) is 14.6 Å². The van der Waals surface area contributed by atoms with E-state index in [0.29, 0.717) is 50.1 Å². The van der Waals surface area contributed by atoms with Crippen LogP contribution >= 0.6 is 0 Å². The van der Waals surface area contributed by atoms with Crippen LogP contribution in [0, 0.1) is 0 Å². The summed E-state index contributed by atoms with van der Waals surface area (Å²) < 4.78 is 45.1. The second kappa shape index (κ2) is 9.09. The van der Waals surface area contributed by atoms with Gasteiger partial charge in [-0.15, -0.1) is 0 Å². The van der Waals surface area contributed by atoms with E-state index in [-0.39, 0.29) is 24.4 Å². The SMILES string of the molecule is CC(C)(C)OC(=O)N1CCC(n2c(=O)[nH]c3ncc(C4=CCN(CC(F)(F)F)CC4)cc32)CC1. The zero-order chi connectivity index (χ0) is 24.7. The quantitative estimate of drug-likeness (QED) is 0.718. The van der Waals surface area contributed by atoms with Crippen molar-refractivity contribution >= 4 is 22.8 Å². The van der Waals surface area contributed by atoms with Crippen molar-refractivity contribution in [3.05, 3.63) is 34.4 Å². The number of aromatic nitrogens is 3. The average Bonchev–Trinajstić information content (AvgIpc) is 3.07. The minimum atomic E-state index is -4.22. The molecule has 0 aromatic carbocycles. The van der Waals surface area contributed by atoms with Gasteiger partial charge in [-0.1, -0.05) is 6.08 Å². The number of rotatable bonds is 3. The predicted molar refractivity (Wildman–Crippen MR) is 122 cm³/mol. The molecule has 0 bridgehead atoms. The van der Waals surface area contributed by atoms with Gasteiger partial charge in [0.05, 0.1) is 12.1 Å². The molecule has 2 aromatic rings. The molecule has 0 unspecified atom stereocenters. The van der Waals surface area contributed by atoms with Gasteiger partial charge in [0.1, 0.15) is 5.60 Å². The van der Waals surface area contributed by atoms with Gasteiger partial charge in [0.15, 0.2) is 5.65 Å². The standard InChI is InChI=1S/C23H30F3N5O3/c1-22(2,3)34-21(33)30-10-6-17(7-11-30)31-18-12-16(13-27-19(18)28-20(31)32)15-4-8-29(9-5-15)14-23(24,25)26/h4,12-13,17H,5-11,14H2,1-3H3,(H,27,28,32). The molecule has 4 rings (SSSR count). The summed E-state index contributed by atoms with van der Waals surface area (Å²) in [5.74, 6) is 0. The molecule has 186 valence electrons. The molecule has 0 atom stereocenters. The molecule has 8 nitrogen and oxygen atoms in total. The number of nitrogens with zero attached hydrogens (tertiary/aromatic N) is 4. The van der Waals surface area contributed by atoms with Crippen molar-refractivity contribution in [3.8, 4) is 0 Å². The number of piperidine rings is 1. The maximum absolute atomic E-state index is 12.7. The first-order chi connectivity index (χ1) is 15.9. The van der Waals surface area contributed by atoms with Gasteiger partial charge >= 0.3 is 18.0 Å². The molecule has 0 spiro atoms. The van der Waals surface area contributed by atoms with Crippen molar-refractivity contribution in [2.75, 3.05) is 32.7 Å². The first kappa shape index (κ1) is 24.3. The largest absolute Gasteiger partial charge is 0.444 e. The molecule has 1 N–H and O–H groups in total. The van der Waals surface area contributed by atoms with Crippen molar-refractivity contribution < 1.29 is 22.7 Å². The fraction of sp³-hybridized carbons (Fsp3) is 0.609. The number of hydrogen-bond acceptors (Lipinski definition) is 5. The molecule has 11 heteroatoms. The minimum Gasteiger partial charge on any atom is -0.444 e. The number of amides is 1. The molecular weight excluding hydrogens is 451 g/mol. The number of H-pyrrole nitrogens is 1. The summed E-state index contributed by atoms with van der Waals surface area (Å²) in [7, 11) is 0. The third-order valence-corrected chi connectivity index (χ3v) is 6.12. The van der Waals surface area contributed by atoms with Crippen LogP contribution in [0.15, 0.2) is 23.1 Å². The summed E-state index contributed by atoms with van der Waals surface area (Å²) in [4.78, 5) is 35.3. The molecule has 2 aliphatic heterocycles. The van der Waals surface area contributed by atoms with Crippen LogP contribution in [0.3, 0.4) is 0 Å². The lowest BCUT2D eigenvalue weighted by Gasteiger charge is -2.33. The Labute approximate surface area is 195 Å². The topological polar surface area (TPSA) is 83.5 Å². The Morgan fingerprint density at radius 2 is 1.91 bits per heavy atom. The van der Waals surface area contributed by atoms with Crippen molar-refractivity contribution in [2.24, 2.45) is 0 Å². The number of aromatic amines is 1. The summed E-state index contributed by atoms with van der Waals surface area (Å²) >= 11 is 0. The highest BCUT2D eigenvalue weighted by Crippen LogP contribution is 2.29. The van der Waals surface area contributed by atoms with E-state index in [9.17, 15) is 22.8 Å². The van der Waals surface area contributed by atoms with Crippen LogP contribution in [0.5, 0.6) is 0 Å². The molecule has 34 heavy (non-hydrogen) atoms. The van der Waals surface area contributed by atoms with Gasteiger partial charge in [-0.05, 0) is 57.2 Å². The number of hydrogen-bond donors (Lipinski definition) is 1. The normalized spacial score (nSPS) is 18.9. The van der Waals surface area contributed by atoms with E-state index in [0.717, 1.165) is 11.1 Å². The molecule has 0 radical (unpaired) electrons. The van der Waals surface area contributed by atoms with Gasteiger partial charge in [0, 0.05) is 38.4 Å². The smallest absolute Gasteiger partial charge is 0.410 e. The summed E-state index contributed by atoms with van der Waals surface area (Å²) in [5.41, 5.74) is 2.03. The Morgan fingerprint density at radius 1 is 1.21 bits per heavy atom. The molecular formula is C23H30F3N5O3. The number of imidazole rings is 1. The average molecular weight is 482 g/mol. The van der Waals surface area contributed by atoms with Gasteiger partial charge in [0.25, 0.3) is 0 Å². The van der Waals surface area contributed by atoms with E-state index in [1.807, 2.05) is 26.8 Å². The molecule has 1 amide bonds. The lowest BCUT2D eigenvalue weighted by Crippen LogP contribution is -2.43. The van der Waals surface area contributed by atoms with E-state index in [1.54, 1.807) is 21.7 Å². The zero-order valence-corrected chi connectivity index (χ0v) is 19.6. The van der Waals surface area contributed by atoms with E-state index in [1.165, 1.54) is 4.90 Å². The van der Waals surface area contributed by atoms with Crippen molar-refractivity contribution in [1.82, 2.24) is 24.3 Å². The Balaban J connectivity index is 1.50. The number of halogens is 3. The van der Waals surface area contributed by atoms with Crippen LogP contribution in [0.25, 0.3) is 16.7 Å². The molecule has 0 aliphatic carbocycles. The van der Waals surface area contributed by atoms with Crippen LogP contribution in [0.4, 0.5) is 18.0 Å². The Kier molecular flexibility index (Phi) is 6.50. The van der Waals surface area contributed by atoms with Crippen LogP contribution in [0.2, 0.25) is 0 Å². The number of nitrogens with one attached hydrogen (secondary N) is 1. The number of carbonyl (C=O) groups is 1. The zero-order valence-electron chi connectivity index (χ0n) is 19.6. The monoisotopic (exact) mass is 481 g/mol. The number of likely N-dealkylation sites (tertiary alicyclic amines) is 1. The summed E-state index contributed by atoms with van der Waals surface area (Å²) in [6.07, 6.45) is 0.561. The highest BCUT2D eigenvalue weighted by Gasteiger charge is 2.32. The van der Waals surface area contributed by atoms with Gasteiger partial charge in [-0.2, -0.15) is 13.2 Å². The molecule has 1 saturated heterocycles. The van der Waals surface area contributed by atoms with Crippen molar-refractivity contribution in [3.63, 3.8) is 0 Å². The molecule has 2 aliphatic rings.